The first-order valence-corrected chi connectivity index (χ1v) is 10.4. The zero-order valence-corrected chi connectivity index (χ0v) is 17.6. The Bertz CT molecular complexity index is 940. The van der Waals surface area contributed by atoms with E-state index >= 15 is 0 Å². The first kappa shape index (κ1) is 21.4. The average Bonchev–Trinajstić information content (AvgIpc) is 2.78. The Balaban J connectivity index is 1.50. The molecule has 0 aliphatic heterocycles. The predicted molar refractivity (Wildman–Crippen MR) is 121 cm³/mol. The van der Waals surface area contributed by atoms with E-state index in [1.807, 2.05) is 60.7 Å². The van der Waals surface area contributed by atoms with E-state index < -0.39 is 0 Å². The highest BCUT2D eigenvalue weighted by Gasteiger charge is 2.11. The number of benzene rings is 3. The van der Waals surface area contributed by atoms with Crippen LogP contribution in [0.5, 0.6) is 11.5 Å². The summed E-state index contributed by atoms with van der Waals surface area (Å²) in [4.78, 5) is 12.4. The topological polar surface area (TPSA) is 47.6 Å². The van der Waals surface area contributed by atoms with E-state index in [2.05, 4.69) is 37.4 Å². The molecule has 1 atom stereocenters. The number of carbonyl (C=O) groups excluding carboxylic acids is 1. The highest BCUT2D eigenvalue weighted by molar-refractivity contribution is 5.92. The standard InChI is InChI=1S/C26H29NO3/c1-3-20(2)24-14-7-8-15-25(24)30-19-26(28)27-22-12-9-13-23(18-22)29-17-16-21-10-5-4-6-11-21/h4-15,18,20H,3,16-17,19H2,1-2H3,(H,27,28). The summed E-state index contributed by atoms with van der Waals surface area (Å²) in [6, 6.07) is 25.5. The van der Waals surface area contributed by atoms with Crippen molar-refractivity contribution in [2.45, 2.75) is 32.6 Å². The highest BCUT2D eigenvalue weighted by Crippen LogP contribution is 2.28. The maximum Gasteiger partial charge on any atom is 0.262 e. The monoisotopic (exact) mass is 403 g/mol. The summed E-state index contributed by atoms with van der Waals surface area (Å²) < 4.78 is 11.6. The molecular weight excluding hydrogens is 374 g/mol. The lowest BCUT2D eigenvalue weighted by Crippen LogP contribution is -2.20. The minimum absolute atomic E-state index is 0.0352. The molecule has 0 aliphatic carbocycles. The second-order valence-corrected chi connectivity index (χ2v) is 7.30. The van der Waals surface area contributed by atoms with Gasteiger partial charge in [0.2, 0.25) is 0 Å². The number of hydrogen-bond donors (Lipinski definition) is 1. The molecular formula is C26H29NO3. The van der Waals surface area contributed by atoms with Gasteiger partial charge in [-0.25, -0.2) is 0 Å². The van der Waals surface area contributed by atoms with Crippen LogP contribution in [0.4, 0.5) is 5.69 Å². The van der Waals surface area contributed by atoms with Crippen molar-refractivity contribution in [2.24, 2.45) is 0 Å². The Labute approximate surface area is 178 Å². The second kappa shape index (κ2) is 11.1. The van der Waals surface area contributed by atoms with Crippen LogP contribution in [0.1, 0.15) is 37.3 Å². The van der Waals surface area contributed by atoms with E-state index in [1.165, 1.54) is 5.56 Å². The van der Waals surface area contributed by atoms with Crippen LogP contribution < -0.4 is 14.8 Å². The molecule has 1 amide bonds. The number of anilines is 1. The molecule has 0 aromatic heterocycles. The van der Waals surface area contributed by atoms with Crippen molar-refractivity contribution in [3.05, 3.63) is 90.0 Å². The minimum atomic E-state index is -0.199. The summed E-state index contributed by atoms with van der Waals surface area (Å²) in [6.07, 6.45) is 1.85. The fourth-order valence-corrected chi connectivity index (χ4v) is 3.17. The SMILES string of the molecule is CCC(C)c1ccccc1OCC(=O)Nc1cccc(OCCc2ccccc2)c1. The molecule has 1 unspecified atom stereocenters. The highest BCUT2D eigenvalue weighted by atomic mass is 16.5. The summed E-state index contributed by atoms with van der Waals surface area (Å²) in [6.45, 7) is 4.85. The molecule has 3 rings (SSSR count). The van der Waals surface area contributed by atoms with Crippen LogP contribution in [-0.4, -0.2) is 19.1 Å². The van der Waals surface area contributed by atoms with Gasteiger partial charge in [0.05, 0.1) is 6.61 Å². The van der Waals surface area contributed by atoms with Gasteiger partial charge >= 0.3 is 0 Å². The van der Waals surface area contributed by atoms with Gasteiger partial charge in [-0.05, 0) is 41.7 Å². The van der Waals surface area contributed by atoms with Gasteiger partial charge in [-0.3, -0.25) is 4.79 Å². The molecule has 4 heteroatoms. The summed E-state index contributed by atoms with van der Waals surface area (Å²) >= 11 is 0. The molecule has 0 bridgehead atoms. The average molecular weight is 404 g/mol. The van der Waals surface area contributed by atoms with E-state index in [1.54, 1.807) is 0 Å². The van der Waals surface area contributed by atoms with Crippen molar-refractivity contribution >= 4 is 11.6 Å². The molecule has 0 saturated carbocycles. The number of hydrogen-bond acceptors (Lipinski definition) is 3. The number of ether oxygens (including phenoxy) is 2. The van der Waals surface area contributed by atoms with Gasteiger partial charge in [-0.2, -0.15) is 0 Å². The first-order valence-electron chi connectivity index (χ1n) is 10.4. The maximum absolute atomic E-state index is 12.4. The van der Waals surface area contributed by atoms with Gasteiger partial charge in [-0.15, -0.1) is 0 Å². The van der Waals surface area contributed by atoms with E-state index in [0.29, 0.717) is 18.2 Å². The molecule has 0 fully saturated rings. The fourth-order valence-electron chi connectivity index (χ4n) is 3.17. The lowest BCUT2D eigenvalue weighted by Gasteiger charge is -2.15. The summed E-state index contributed by atoms with van der Waals surface area (Å²) in [5, 5.41) is 2.88. The predicted octanol–water partition coefficient (Wildman–Crippen LogP) is 5.84. The molecule has 3 aromatic rings. The van der Waals surface area contributed by atoms with Crippen molar-refractivity contribution in [3.8, 4) is 11.5 Å². The third-order valence-electron chi connectivity index (χ3n) is 5.04. The van der Waals surface area contributed by atoms with Crippen LogP contribution in [0.25, 0.3) is 0 Å². The van der Waals surface area contributed by atoms with Crippen LogP contribution in [0, 0.1) is 0 Å². The molecule has 0 spiro atoms. The lowest BCUT2D eigenvalue weighted by molar-refractivity contribution is -0.118. The van der Waals surface area contributed by atoms with E-state index in [-0.39, 0.29) is 12.5 Å². The Morgan fingerprint density at radius 1 is 0.933 bits per heavy atom. The molecule has 156 valence electrons. The number of rotatable bonds is 10. The normalized spacial score (nSPS) is 11.5. The third kappa shape index (κ3) is 6.38. The number of para-hydroxylation sites is 1. The molecule has 0 saturated heterocycles. The molecule has 0 heterocycles. The number of amides is 1. The molecule has 0 radical (unpaired) electrons. The van der Waals surface area contributed by atoms with Crippen molar-refractivity contribution in [1.82, 2.24) is 0 Å². The number of nitrogens with one attached hydrogen (secondary N) is 1. The zero-order valence-electron chi connectivity index (χ0n) is 17.6. The minimum Gasteiger partial charge on any atom is -0.493 e. The maximum atomic E-state index is 12.4. The van der Waals surface area contributed by atoms with Gasteiger partial charge in [-0.1, -0.05) is 68.4 Å². The number of carbonyl (C=O) groups is 1. The van der Waals surface area contributed by atoms with Crippen LogP contribution >= 0.6 is 0 Å². The van der Waals surface area contributed by atoms with E-state index in [4.69, 9.17) is 9.47 Å². The molecule has 30 heavy (non-hydrogen) atoms. The summed E-state index contributed by atoms with van der Waals surface area (Å²) in [5.41, 5.74) is 3.05. The Morgan fingerprint density at radius 2 is 1.70 bits per heavy atom. The summed E-state index contributed by atoms with van der Waals surface area (Å²) in [5.74, 6) is 1.68. The van der Waals surface area contributed by atoms with Gasteiger partial charge in [0.25, 0.3) is 5.91 Å². The smallest absolute Gasteiger partial charge is 0.262 e. The molecule has 0 aliphatic rings. The Hall–Kier alpha value is -3.27. The Kier molecular flexibility index (Phi) is 7.90. The van der Waals surface area contributed by atoms with Crippen molar-refractivity contribution < 1.29 is 14.3 Å². The van der Waals surface area contributed by atoms with Gasteiger partial charge in [0, 0.05) is 18.2 Å². The second-order valence-electron chi connectivity index (χ2n) is 7.30. The van der Waals surface area contributed by atoms with E-state index in [0.717, 1.165) is 29.9 Å². The van der Waals surface area contributed by atoms with Crippen LogP contribution in [0.2, 0.25) is 0 Å². The summed E-state index contributed by atoms with van der Waals surface area (Å²) in [7, 11) is 0. The van der Waals surface area contributed by atoms with Crippen molar-refractivity contribution in [3.63, 3.8) is 0 Å². The third-order valence-corrected chi connectivity index (χ3v) is 5.04. The van der Waals surface area contributed by atoms with Crippen LogP contribution in [-0.2, 0) is 11.2 Å². The van der Waals surface area contributed by atoms with E-state index in [9.17, 15) is 4.79 Å². The first-order chi connectivity index (χ1) is 14.7. The zero-order chi connectivity index (χ0) is 21.2. The van der Waals surface area contributed by atoms with Crippen molar-refractivity contribution in [2.75, 3.05) is 18.5 Å². The molecule has 3 aromatic carbocycles. The Morgan fingerprint density at radius 3 is 2.50 bits per heavy atom. The lowest BCUT2D eigenvalue weighted by atomic mass is 9.98. The van der Waals surface area contributed by atoms with Crippen molar-refractivity contribution in [1.29, 1.82) is 0 Å². The van der Waals surface area contributed by atoms with Gasteiger partial charge in [0.1, 0.15) is 11.5 Å². The quantitative estimate of drug-likeness (QED) is 0.463. The largest absolute Gasteiger partial charge is 0.493 e. The van der Waals surface area contributed by atoms with Gasteiger partial charge in [0.15, 0.2) is 6.61 Å². The molecule has 4 nitrogen and oxygen atoms in total. The fraction of sp³-hybridized carbons (Fsp3) is 0.269. The van der Waals surface area contributed by atoms with Crippen LogP contribution in [0.3, 0.4) is 0 Å². The molecule has 1 N–H and O–H groups in total. The van der Waals surface area contributed by atoms with Gasteiger partial charge < -0.3 is 14.8 Å². The van der Waals surface area contributed by atoms with Crippen LogP contribution in [0.15, 0.2) is 78.9 Å².